The molecule has 0 fully saturated rings. The largest absolute Gasteiger partial charge is 0.436 e. The molecule has 5 nitrogen and oxygen atoms in total. The highest BCUT2D eigenvalue weighted by molar-refractivity contribution is 5.75. The maximum Gasteiger partial charge on any atom is 0.226 e. The Morgan fingerprint density at radius 2 is 0.840 bits per heavy atom. The van der Waals surface area contributed by atoms with Crippen molar-refractivity contribution >= 4 is 0 Å². The molecule has 8 rings (SSSR count). The fourth-order valence-corrected chi connectivity index (χ4v) is 6.31. The van der Waals surface area contributed by atoms with Gasteiger partial charge in [0.15, 0.2) is 11.5 Å². The first-order valence-electron chi connectivity index (χ1n) is 17.1. The van der Waals surface area contributed by atoms with Gasteiger partial charge in [0.25, 0.3) is 0 Å². The zero-order valence-corrected chi connectivity index (χ0v) is 27.9. The first kappa shape index (κ1) is 31.0. The summed E-state index contributed by atoms with van der Waals surface area (Å²) in [5.74, 6) is 2.73. The molecule has 0 spiro atoms. The highest BCUT2D eigenvalue weighted by Gasteiger charge is 2.23. The lowest BCUT2D eigenvalue weighted by Gasteiger charge is -2.13. The van der Waals surface area contributed by atoms with Gasteiger partial charge in [-0.1, -0.05) is 104 Å². The van der Waals surface area contributed by atoms with E-state index >= 15 is 0 Å². The van der Waals surface area contributed by atoms with Crippen molar-refractivity contribution in [2.45, 2.75) is 26.3 Å². The smallest absolute Gasteiger partial charge is 0.226 e. The second kappa shape index (κ2) is 14.0. The van der Waals surface area contributed by atoms with Crippen LogP contribution in [0.2, 0.25) is 0 Å². The molecule has 5 aromatic carbocycles. The van der Waals surface area contributed by atoms with Crippen LogP contribution >= 0.6 is 0 Å². The summed E-state index contributed by atoms with van der Waals surface area (Å²) in [4.78, 5) is 9.08. The van der Waals surface area contributed by atoms with Gasteiger partial charge in [0.1, 0.15) is 6.54 Å². The Balaban J connectivity index is 1.18. The van der Waals surface area contributed by atoms with Crippen molar-refractivity contribution in [2.75, 3.05) is 0 Å². The van der Waals surface area contributed by atoms with Crippen molar-refractivity contribution in [2.24, 2.45) is 0 Å². The van der Waals surface area contributed by atoms with E-state index in [1.54, 1.807) is 12.4 Å². The van der Waals surface area contributed by atoms with E-state index in [4.69, 9.17) is 8.83 Å². The quantitative estimate of drug-likeness (QED) is 0.138. The molecule has 0 unspecified atom stereocenters. The number of benzene rings is 5. The van der Waals surface area contributed by atoms with Gasteiger partial charge in [0.05, 0.1) is 12.4 Å². The van der Waals surface area contributed by atoms with Crippen molar-refractivity contribution in [1.29, 1.82) is 0 Å². The van der Waals surface area contributed by atoms with E-state index in [9.17, 15) is 0 Å². The molecule has 0 amide bonds. The summed E-state index contributed by atoms with van der Waals surface area (Å²) in [6, 6.07) is 52.5. The summed E-state index contributed by atoms with van der Waals surface area (Å²) in [6.07, 6.45) is 5.76. The van der Waals surface area contributed by atoms with Crippen LogP contribution in [0.4, 0.5) is 0 Å². The molecule has 0 saturated carbocycles. The molecule has 3 aromatic heterocycles. The zero-order valence-electron chi connectivity index (χ0n) is 27.9. The van der Waals surface area contributed by atoms with Crippen LogP contribution in [0.5, 0.6) is 0 Å². The van der Waals surface area contributed by atoms with Crippen LogP contribution in [0.1, 0.15) is 19.8 Å². The number of hydrogen-bond acceptors (Lipinski definition) is 4. The van der Waals surface area contributed by atoms with Gasteiger partial charge >= 0.3 is 0 Å². The number of oxazole rings is 2. The maximum absolute atomic E-state index is 6.17. The normalized spacial score (nSPS) is 11.1. The van der Waals surface area contributed by atoms with Crippen molar-refractivity contribution in [3.05, 3.63) is 164 Å². The summed E-state index contributed by atoms with van der Waals surface area (Å²) in [7, 11) is 0. The Kier molecular flexibility index (Phi) is 8.69. The molecule has 0 atom stereocenters. The number of unbranched alkanes of at least 4 members (excludes halogenated alkanes) is 1. The Hall–Kier alpha value is -6.33. The molecular weight excluding hydrogens is 615 g/mol. The molecule has 0 bridgehead atoms. The minimum Gasteiger partial charge on any atom is -0.436 e. The first-order valence-corrected chi connectivity index (χ1v) is 17.1. The Labute approximate surface area is 292 Å². The molecule has 3 heterocycles. The fraction of sp³-hybridized carbons (Fsp3) is 0.0889. The molecule has 8 aromatic rings. The third-order valence-corrected chi connectivity index (χ3v) is 8.99. The first-order chi connectivity index (χ1) is 24.7. The summed E-state index contributed by atoms with van der Waals surface area (Å²) in [5.41, 5.74) is 10.8. The van der Waals surface area contributed by atoms with Crippen LogP contribution < -0.4 is 4.57 Å². The molecule has 0 aliphatic carbocycles. The SMILES string of the molecule is CCCC[n+]1c(-c2ccc(-c3cnc(-c4ccccc4)o3)cc2)cc(-c2ccccc2)cc1-c1ccc(-c2cnc(-c3ccccc3)o2)cc1. The second-order valence-electron chi connectivity index (χ2n) is 12.3. The van der Waals surface area contributed by atoms with E-state index in [0.717, 1.165) is 75.7 Å². The number of rotatable bonds is 10. The van der Waals surface area contributed by atoms with Gasteiger partial charge in [-0.15, -0.1) is 0 Å². The van der Waals surface area contributed by atoms with Crippen molar-refractivity contribution < 1.29 is 13.4 Å². The summed E-state index contributed by atoms with van der Waals surface area (Å²) < 4.78 is 14.8. The Morgan fingerprint density at radius 3 is 1.26 bits per heavy atom. The van der Waals surface area contributed by atoms with Gasteiger partial charge in [0, 0.05) is 51.9 Å². The lowest BCUT2D eigenvalue weighted by atomic mass is 9.97. The average Bonchev–Trinajstić information content (AvgIpc) is 3.90. The van der Waals surface area contributed by atoms with E-state index < -0.39 is 0 Å². The minimum absolute atomic E-state index is 0.619. The van der Waals surface area contributed by atoms with Gasteiger partial charge in [-0.3, -0.25) is 0 Å². The second-order valence-corrected chi connectivity index (χ2v) is 12.3. The minimum atomic E-state index is 0.619. The molecule has 0 aliphatic heterocycles. The monoisotopic (exact) mass is 650 g/mol. The Morgan fingerprint density at radius 1 is 0.440 bits per heavy atom. The molecule has 0 N–H and O–H groups in total. The lowest BCUT2D eigenvalue weighted by Crippen LogP contribution is -2.39. The van der Waals surface area contributed by atoms with Crippen molar-refractivity contribution in [3.8, 4) is 79.2 Å². The lowest BCUT2D eigenvalue weighted by molar-refractivity contribution is -0.675. The molecule has 5 heteroatoms. The molecular formula is C45H36N3O2+. The molecule has 50 heavy (non-hydrogen) atoms. The summed E-state index contributed by atoms with van der Waals surface area (Å²) in [6.45, 7) is 3.13. The predicted octanol–water partition coefficient (Wildman–Crippen LogP) is 11.4. The summed E-state index contributed by atoms with van der Waals surface area (Å²) in [5, 5.41) is 0. The predicted molar refractivity (Wildman–Crippen MR) is 200 cm³/mol. The molecule has 242 valence electrons. The number of hydrogen-bond donors (Lipinski definition) is 0. The van der Waals surface area contributed by atoms with E-state index in [2.05, 4.69) is 112 Å². The zero-order chi connectivity index (χ0) is 33.7. The van der Waals surface area contributed by atoms with E-state index in [0.29, 0.717) is 11.8 Å². The average molecular weight is 651 g/mol. The van der Waals surface area contributed by atoms with Crippen LogP contribution in [0.25, 0.3) is 79.2 Å². The van der Waals surface area contributed by atoms with Gasteiger partial charge in [-0.2, -0.15) is 4.57 Å². The third-order valence-electron chi connectivity index (χ3n) is 8.99. The van der Waals surface area contributed by atoms with Gasteiger partial charge < -0.3 is 8.83 Å². The van der Waals surface area contributed by atoms with Crippen LogP contribution in [-0.2, 0) is 6.54 Å². The maximum atomic E-state index is 6.17. The van der Waals surface area contributed by atoms with Crippen LogP contribution in [0, 0.1) is 0 Å². The van der Waals surface area contributed by atoms with Gasteiger partial charge in [0.2, 0.25) is 23.2 Å². The standard InChI is InChI=1S/C45H36N3O2/c1-2-3-27-48-40(33-19-23-35(24-20-33)42-30-46-44(49-42)37-15-9-5-10-16-37)28-39(32-13-7-4-8-14-32)29-41(48)34-21-25-36(26-22-34)43-31-47-45(50-43)38-17-11-6-12-18-38/h4-26,28-31H,2-3,27H2,1H3/q+1. The number of aromatic nitrogens is 3. The Bertz CT molecular complexity index is 2180. The molecule has 0 saturated heterocycles. The van der Waals surface area contributed by atoms with E-state index in [-0.39, 0.29) is 0 Å². The van der Waals surface area contributed by atoms with Gasteiger partial charge in [-0.05, 0) is 59.7 Å². The third kappa shape index (κ3) is 6.41. The molecule has 0 aliphatic rings. The van der Waals surface area contributed by atoms with Crippen LogP contribution in [0.3, 0.4) is 0 Å². The van der Waals surface area contributed by atoms with Crippen LogP contribution in [-0.4, -0.2) is 9.97 Å². The van der Waals surface area contributed by atoms with E-state index in [1.165, 1.54) is 11.1 Å². The number of pyridine rings is 1. The molecule has 0 radical (unpaired) electrons. The highest BCUT2D eigenvalue weighted by Crippen LogP contribution is 2.33. The van der Waals surface area contributed by atoms with Crippen molar-refractivity contribution in [3.63, 3.8) is 0 Å². The fourth-order valence-electron chi connectivity index (χ4n) is 6.31. The highest BCUT2D eigenvalue weighted by atomic mass is 16.4. The van der Waals surface area contributed by atoms with Gasteiger partial charge in [-0.25, -0.2) is 9.97 Å². The number of nitrogens with zero attached hydrogens (tertiary/aromatic N) is 3. The topological polar surface area (TPSA) is 55.9 Å². The van der Waals surface area contributed by atoms with Crippen molar-refractivity contribution in [1.82, 2.24) is 9.97 Å². The summed E-state index contributed by atoms with van der Waals surface area (Å²) >= 11 is 0. The van der Waals surface area contributed by atoms with E-state index in [1.807, 2.05) is 60.7 Å². The van der Waals surface area contributed by atoms with Crippen LogP contribution in [0.15, 0.2) is 173 Å².